The summed E-state index contributed by atoms with van der Waals surface area (Å²) < 4.78 is 18.8. The largest absolute Gasteiger partial charge is 0.497 e. The molecule has 0 bridgehead atoms. The van der Waals surface area contributed by atoms with Crippen LogP contribution in [0.4, 0.5) is 10.1 Å². The lowest BCUT2D eigenvalue weighted by atomic mass is 9.74. The lowest BCUT2D eigenvalue weighted by Crippen LogP contribution is -2.35. The van der Waals surface area contributed by atoms with Gasteiger partial charge in [0.2, 0.25) is 0 Å². The number of hydrogen-bond acceptors (Lipinski definition) is 3. The quantitative estimate of drug-likeness (QED) is 0.861. The maximum absolute atomic E-state index is 13.7. The highest BCUT2D eigenvalue weighted by Gasteiger charge is 2.31. The molecule has 0 heterocycles. The molecule has 1 fully saturated rings. The van der Waals surface area contributed by atoms with Crippen molar-refractivity contribution in [3.05, 3.63) is 24.0 Å². The summed E-state index contributed by atoms with van der Waals surface area (Å²) in [6.07, 6.45) is 5.52. The topological polar surface area (TPSA) is 41.5 Å². The monoisotopic (exact) mass is 267 g/mol. The summed E-state index contributed by atoms with van der Waals surface area (Å²) in [5.41, 5.74) is 0.339. The summed E-state index contributed by atoms with van der Waals surface area (Å²) >= 11 is 0. The molecular weight excluding hydrogens is 245 g/mol. The zero-order chi connectivity index (χ0) is 13.7. The van der Waals surface area contributed by atoms with Crippen LogP contribution in [0, 0.1) is 11.2 Å². The van der Waals surface area contributed by atoms with E-state index in [1.807, 2.05) is 0 Å². The van der Waals surface area contributed by atoms with E-state index in [0.29, 0.717) is 18.0 Å². The van der Waals surface area contributed by atoms with Crippen LogP contribution >= 0.6 is 0 Å². The van der Waals surface area contributed by atoms with Crippen molar-refractivity contribution >= 4 is 5.69 Å². The minimum atomic E-state index is -0.287. The van der Waals surface area contributed by atoms with Crippen molar-refractivity contribution in [3.8, 4) is 5.75 Å². The number of hydrogen-bond donors (Lipinski definition) is 2. The van der Waals surface area contributed by atoms with Crippen LogP contribution in [0.25, 0.3) is 0 Å². The number of halogens is 1. The molecule has 0 aromatic heterocycles. The molecule has 2 N–H and O–H groups in total. The van der Waals surface area contributed by atoms with Gasteiger partial charge >= 0.3 is 0 Å². The van der Waals surface area contributed by atoms with Crippen LogP contribution in [0.2, 0.25) is 0 Å². The van der Waals surface area contributed by atoms with E-state index in [2.05, 4.69) is 5.32 Å². The standard InChI is InChI=1S/C15H22FNO2/c1-19-12-5-6-13(16)14(9-12)17-10-15(11-18)7-3-2-4-8-15/h5-6,9,17-18H,2-4,7-8,10-11H2,1H3. The smallest absolute Gasteiger partial charge is 0.146 e. The second kappa shape index (κ2) is 6.24. The van der Waals surface area contributed by atoms with Crippen molar-refractivity contribution in [1.29, 1.82) is 0 Å². The Morgan fingerprint density at radius 1 is 1.32 bits per heavy atom. The minimum absolute atomic E-state index is 0.103. The van der Waals surface area contributed by atoms with E-state index < -0.39 is 0 Å². The van der Waals surface area contributed by atoms with Gasteiger partial charge in [-0.2, -0.15) is 0 Å². The third-order valence-electron chi connectivity index (χ3n) is 4.08. The zero-order valence-electron chi connectivity index (χ0n) is 11.4. The third kappa shape index (κ3) is 3.38. The van der Waals surface area contributed by atoms with Gasteiger partial charge in [-0.15, -0.1) is 0 Å². The zero-order valence-corrected chi connectivity index (χ0v) is 11.4. The summed E-state index contributed by atoms with van der Waals surface area (Å²) in [6, 6.07) is 4.65. The van der Waals surface area contributed by atoms with Crippen molar-refractivity contribution in [1.82, 2.24) is 0 Å². The van der Waals surface area contributed by atoms with Crippen LogP contribution in [-0.2, 0) is 0 Å². The average molecular weight is 267 g/mol. The van der Waals surface area contributed by atoms with Crippen LogP contribution < -0.4 is 10.1 Å². The van der Waals surface area contributed by atoms with Crippen molar-refractivity contribution in [2.45, 2.75) is 32.1 Å². The number of nitrogens with one attached hydrogen (secondary N) is 1. The molecule has 3 nitrogen and oxygen atoms in total. The summed E-state index contributed by atoms with van der Waals surface area (Å²) in [5.74, 6) is 0.343. The van der Waals surface area contributed by atoms with Gasteiger partial charge in [-0.25, -0.2) is 4.39 Å². The Hall–Kier alpha value is -1.29. The number of ether oxygens (including phenoxy) is 1. The lowest BCUT2D eigenvalue weighted by Gasteiger charge is -2.36. The Bertz CT molecular complexity index is 417. The molecule has 1 aromatic carbocycles. The van der Waals surface area contributed by atoms with E-state index >= 15 is 0 Å². The van der Waals surface area contributed by atoms with Gasteiger partial charge in [-0.1, -0.05) is 19.3 Å². The summed E-state index contributed by atoms with van der Waals surface area (Å²) in [6.45, 7) is 0.763. The Labute approximate surface area is 113 Å². The fourth-order valence-electron chi connectivity index (χ4n) is 2.74. The number of aliphatic hydroxyl groups excluding tert-OH is 1. The predicted molar refractivity (Wildman–Crippen MR) is 74.0 cm³/mol. The molecule has 1 saturated carbocycles. The van der Waals surface area contributed by atoms with Crippen molar-refractivity contribution in [2.75, 3.05) is 25.6 Å². The molecule has 1 aliphatic rings. The molecule has 0 amide bonds. The fraction of sp³-hybridized carbons (Fsp3) is 0.600. The van der Waals surface area contributed by atoms with E-state index in [4.69, 9.17) is 4.74 Å². The summed E-state index contributed by atoms with van der Waals surface area (Å²) in [4.78, 5) is 0. The predicted octanol–water partition coefficient (Wildman–Crippen LogP) is 3.19. The average Bonchev–Trinajstić information content (AvgIpc) is 2.47. The van der Waals surface area contributed by atoms with Crippen molar-refractivity contribution in [3.63, 3.8) is 0 Å². The van der Waals surface area contributed by atoms with Gasteiger partial charge in [0.25, 0.3) is 0 Å². The maximum Gasteiger partial charge on any atom is 0.146 e. The van der Waals surface area contributed by atoms with Crippen molar-refractivity contribution in [2.24, 2.45) is 5.41 Å². The van der Waals surface area contributed by atoms with Crippen LogP contribution in [0.5, 0.6) is 5.75 Å². The first-order valence-corrected chi connectivity index (χ1v) is 6.87. The number of methoxy groups -OCH3 is 1. The first-order chi connectivity index (χ1) is 9.19. The number of rotatable bonds is 5. The molecule has 2 rings (SSSR count). The normalized spacial score (nSPS) is 18.1. The lowest BCUT2D eigenvalue weighted by molar-refractivity contribution is 0.0943. The second-order valence-corrected chi connectivity index (χ2v) is 5.42. The summed E-state index contributed by atoms with van der Waals surface area (Å²) in [5, 5.41) is 12.8. The molecule has 19 heavy (non-hydrogen) atoms. The SMILES string of the molecule is COc1ccc(F)c(NCC2(CO)CCCCC2)c1. The van der Waals surface area contributed by atoms with Gasteiger partial charge in [0.05, 0.1) is 19.4 Å². The molecule has 0 radical (unpaired) electrons. The van der Waals surface area contributed by atoms with Crippen LogP contribution in [0.3, 0.4) is 0 Å². The Kier molecular flexibility index (Phi) is 4.64. The number of anilines is 1. The van der Waals surface area contributed by atoms with Gasteiger partial charge < -0.3 is 15.2 Å². The second-order valence-electron chi connectivity index (χ2n) is 5.42. The first-order valence-electron chi connectivity index (χ1n) is 6.87. The molecule has 106 valence electrons. The van der Waals surface area contributed by atoms with Gasteiger partial charge in [0, 0.05) is 18.0 Å². The molecule has 0 atom stereocenters. The van der Waals surface area contributed by atoms with Gasteiger partial charge in [0.15, 0.2) is 0 Å². The molecule has 0 unspecified atom stereocenters. The fourth-order valence-corrected chi connectivity index (χ4v) is 2.74. The van der Waals surface area contributed by atoms with Gasteiger partial charge in [-0.3, -0.25) is 0 Å². The molecule has 1 aromatic rings. The van der Waals surface area contributed by atoms with Crippen LogP contribution in [0.15, 0.2) is 18.2 Å². The minimum Gasteiger partial charge on any atom is -0.497 e. The summed E-state index contributed by atoms with van der Waals surface area (Å²) in [7, 11) is 1.56. The van der Waals surface area contributed by atoms with E-state index in [-0.39, 0.29) is 17.8 Å². The van der Waals surface area contributed by atoms with E-state index in [1.165, 1.54) is 12.5 Å². The molecule has 0 spiro atoms. The highest BCUT2D eigenvalue weighted by atomic mass is 19.1. The highest BCUT2D eigenvalue weighted by molar-refractivity contribution is 5.49. The highest BCUT2D eigenvalue weighted by Crippen LogP contribution is 2.36. The Balaban J connectivity index is 2.04. The Morgan fingerprint density at radius 3 is 2.68 bits per heavy atom. The molecular formula is C15H22FNO2. The first kappa shape index (κ1) is 14.1. The van der Waals surface area contributed by atoms with Gasteiger partial charge in [-0.05, 0) is 25.0 Å². The maximum atomic E-state index is 13.7. The van der Waals surface area contributed by atoms with E-state index in [0.717, 1.165) is 25.7 Å². The number of benzene rings is 1. The third-order valence-corrected chi connectivity index (χ3v) is 4.08. The van der Waals surface area contributed by atoms with E-state index in [9.17, 15) is 9.50 Å². The Morgan fingerprint density at radius 2 is 2.05 bits per heavy atom. The van der Waals surface area contributed by atoms with Gasteiger partial charge in [0.1, 0.15) is 11.6 Å². The number of aliphatic hydroxyl groups is 1. The molecule has 4 heteroatoms. The molecule has 0 saturated heterocycles. The van der Waals surface area contributed by atoms with E-state index in [1.54, 1.807) is 19.2 Å². The molecule has 1 aliphatic carbocycles. The van der Waals surface area contributed by atoms with Crippen molar-refractivity contribution < 1.29 is 14.2 Å². The van der Waals surface area contributed by atoms with Crippen LogP contribution in [-0.4, -0.2) is 25.4 Å². The van der Waals surface area contributed by atoms with Crippen LogP contribution in [0.1, 0.15) is 32.1 Å². The molecule has 0 aliphatic heterocycles.